The van der Waals surface area contributed by atoms with Crippen LogP contribution in [0.3, 0.4) is 0 Å². The molecule has 13 nitrogen and oxygen atoms in total. The van der Waals surface area contributed by atoms with Crippen molar-refractivity contribution in [2.45, 2.75) is 35.7 Å². The van der Waals surface area contributed by atoms with Gasteiger partial charge in [0.2, 0.25) is 0 Å². The number of ether oxygens (including phenoxy) is 6. The van der Waals surface area contributed by atoms with Gasteiger partial charge in [0.1, 0.15) is 58.8 Å². The van der Waals surface area contributed by atoms with E-state index < -0.39 is 35.7 Å². The molecule has 0 aliphatic carbocycles. The number of aliphatic hydroxyl groups excluding tert-OH is 2. The van der Waals surface area contributed by atoms with Crippen molar-refractivity contribution >= 4 is 17.0 Å². The van der Waals surface area contributed by atoms with Gasteiger partial charge < -0.3 is 44.0 Å². The average Bonchev–Trinajstić information content (AvgIpc) is 3.93. The van der Waals surface area contributed by atoms with Gasteiger partial charge >= 0.3 is 0 Å². The van der Waals surface area contributed by atoms with Crippen LogP contribution in [0.15, 0.2) is 170 Å². The Bertz CT molecular complexity index is 2710. The number of imidazole rings is 1. The minimum atomic E-state index is -1.37. The molecule has 0 spiro atoms. The molecule has 0 bridgehead atoms. The molecular weight excluding hydrogens is 823 g/mol. The zero-order valence-corrected chi connectivity index (χ0v) is 36.3. The van der Waals surface area contributed by atoms with Crippen molar-refractivity contribution in [2.24, 2.45) is 0 Å². The summed E-state index contributed by atoms with van der Waals surface area (Å²) in [5, 5.41) is 27.3. The summed E-state index contributed by atoms with van der Waals surface area (Å²) < 4.78 is 37.4. The van der Waals surface area contributed by atoms with Gasteiger partial charge in [-0.2, -0.15) is 0 Å². The average molecular weight is 872 g/mol. The lowest BCUT2D eigenvalue weighted by molar-refractivity contribution is -0.0942. The Kier molecular flexibility index (Phi) is 12.2. The molecular formula is C52H49N5O8. The number of anilines is 1. The summed E-state index contributed by atoms with van der Waals surface area (Å²) >= 11 is 0. The van der Waals surface area contributed by atoms with Crippen molar-refractivity contribution in [3.8, 4) is 23.0 Å². The zero-order valence-electron chi connectivity index (χ0n) is 36.3. The normalized spacial score (nSPS) is 17.4. The predicted octanol–water partition coefficient (Wildman–Crippen LogP) is 7.89. The molecule has 3 N–H and O–H groups in total. The Morgan fingerprint density at radius 1 is 0.538 bits per heavy atom. The summed E-state index contributed by atoms with van der Waals surface area (Å²) in [4.78, 5) is 14.2. The van der Waals surface area contributed by atoms with Crippen molar-refractivity contribution < 1.29 is 38.6 Å². The highest BCUT2D eigenvalue weighted by Gasteiger charge is 2.47. The van der Waals surface area contributed by atoms with Crippen LogP contribution in [0.1, 0.15) is 39.6 Å². The largest absolute Gasteiger partial charge is 0.497 e. The van der Waals surface area contributed by atoms with Crippen LogP contribution in [0.2, 0.25) is 0 Å². The summed E-state index contributed by atoms with van der Waals surface area (Å²) in [5.41, 5.74) is 3.80. The van der Waals surface area contributed by atoms with Gasteiger partial charge in [-0.1, -0.05) is 109 Å². The molecule has 65 heavy (non-hydrogen) atoms. The van der Waals surface area contributed by atoms with Gasteiger partial charge in [-0.3, -0.25) is 4.57 Å². The van der Waals surface area contributed by atoms with Crippen LogP contribution in [0.4, 0.5) is 5.82 Å². The summed E-state index contributed by atoms with van der Waals surface area (Å²) in [5.74, 6) is 3.22. The van der Waals surface area contributed by atoms with E-state index in [9.17, 15) is 10.2 Å². The zero-order chi connectivity index (χ0) is 45.0. The van der Waals surface area contributed by atoms with E-state index >= 15 is 0 Å². The van der Waals surface area contributed by atoms with Gasteiger partial charge in [-0.05, 0) is 81.9 Å². The van der Waals surface area contributed by atoms with Crippen LogP contribution in [0, 0.1) is 0 Å². The molecule has 4 atom stereocenters. The molecule has 2 aromatic heterocycles. The molecule has 13 heteroatoms. The number of rotatable bonds is 16. The third-order valence-corrected chi connectivity index (χ3v) is 12.2. The van der Waals surface area contributed by atoms with E-state index in [1.807, 2.05) is 146 Å². The number of fused-ring (bicyclic) bond motifs is 1. The summed E-state index contributed by atoms with van der Waals surface area (Å²) in [6.07, 6.45) is -1.78. The number of hydrogen-bond acceptors (Lipinski definition) is 12. The summed E-state index contributed by atoms with van der Waals surface area (Å²) in [6, 6.07) is 51.0. The maximum atomic E-state index is 11.8. The fourth-order valence-corrected chi connectivity index (χ4v) is 8.77. The highest BCUT2D eigenvalue weighted by Crippen LogP contribution is 2.45. The molecule has 4 unspecified atom stereocenters. The van der Waals surface area contributed by atoms with Crippen LogP contribution in [-0.4, -0.2) is 83.1 Å². The maximum absolute atomic E-state index is 11.8. The van der Waals surface area contributed by atoms with Gasteiger partial charge in [0.25, 0.3) is 0 Å². The number of aromatic nitrogens is 4. The van der Waals surface area contributed by atoms with Crippen LogP contribution in [0.5, 0.6) is 23.0 Å². The predicted molar refractivity (Wildman–Crippen MR) is 245 cm³/mol. The van der Waals surface area contributed by atoms with Crippen molar-refractivity contribution in [1.29, 1.82) is 0 Å². The number of aliphatic hydroxyl groups is 2. The Morgan fingerprint density at radius 2 is 0.969 bits per heavy atom. The number of nitrogens with one attached hydrogen (secondary N) is 1. The highest BCUT2D eigenvalue weighted by molar-refractivity contribution is 5.84. The molecule has 3 heterocycles. The Morgan fingerprint density at radius 3 is 1.45 bits per heavy atom. The smallest absolute Gasteiger partial charge is 0.167 e. The molecule has 1 aliphatic rings. The van der Waals surface area contributed by atoms with Crippen LogP contribution >= 0.6 is 0 Å². The minimum Gasteiger partial charge on any atom is -0.497 e. The fraction of sp³-hybridized carbons (Fsp3) is 0.212. The van der Waals surface area contributed by atoms with Gasteiger partial charge in [-0.15, -0.1) is 0 Å². The van der Waals surface area contributed by atoms with Crippen molar-refractivity contribution in [3.63, 3.8) is 0 Å². The number of benzene rings is 6. The Labute approximate surface area is 376 Å². The second kappa shape index (κ2) is 18.4. The van der Waals surface area contributed by atoms with E-state index in [1.54, 1.807) is 39.3 Å². The molecule has 1 aliphatic heterocycles. The number of methoxy groups -OCH3 is 4. The van der Waals surface area contributed by atoms with Crippen LogP contribution < -0.4 is 24.3 Å². The van der Waals surface area contributed by atoms with E-state index in [2.05, 4.69) is 22.4 Å². The Balaban J connectivity index is 1.08. The second-order valence-electron chi connectivity index (χ2n) is 15.6. The van der Waals surface area contributed by atoms with E-state index in [4.69, 9.17) is 38.4 Å². The second-order valence-corrected chi connectivity index (χ2v) is 15.6. The molecule has 1 fully saturated rings. The molecule has 330 valence electrons. The lowest BCUT2D eigenvalue weighted by Crippen LogP contribution is -2.39. The van der Waals surface area contributed by atoms with Crippen molar-refractivity contribution in [2.75, 3.05) is 40.4 Å². The number of nitrogens with zero attached hydrogens (tertiary/aromatic N) is 4. The SMILES string of the molecule is COc1ccc(C(Nc2ncnc3c2ncn3C2OC(COC(c3ccccc3)(c3ccc(OC)cc3)c3ccc(OC)cc3)C(O)C2O)(c2ccccc2)c2ccc(OC)cc2)cc1. The van der Waals surface area contributed by atoms with Crippen molar-refractivity contribution in [3.05, 3.63) is 204 Å². The summed E-state index contributed by atoms with van der Waals surface area (Å²) in [7, 11) is 6.51. The first kappa shape index (κ1) is 43.0. The third kappa shape index (κ3) is 7.89. The Hall–Kier alpha value is -7.29. The molecule has 6 aromatic carbocycles. The van der Waals surface area contributed by atoms with E-state index in [0.717, 1.165) is 33.4 Å². The summed E-state index contributed by atoms with van der Waals surface area (Å²) in [6.45, 7) is -0.112. The van der Waals surface area contributed by atoms with Gasteiger partial charge in [-0.25, -0.2) is 15.0 Å². The third-order valence-electron chi connectivity index (χ3n) is 12.2. The van der Waals surface area contributed by atoms with Gasteiger partial charge in [0, 0.05) is 0 Å². The van der Waals surface area contributed by atoms with E-state index in [1.165, 1.54) is 6.33 Å². The molecule has 0 saturated carbocycles. The monoisotopic (exact) mass is 871 g/mol. The minimum absolute atomic E-state index is 0.112. The number of hydrogen-bond donors (Lipinski definition) is 3. The molecule has 0 amide bonds. The highest BCUT2D eigenvalue weighted by atomic mass is 16.6. The lowest BCUT2D eigenvalue weighted by Gasteiger charge is -2.37. The van der Waals surface area contributed by atoms with Crippen molar-refractivity contribution in [1.82, 2.24) is 19.5 Å². The molecule has 9 rings (SSSR count). The first-order valence-corrected chi connectivity index (χ1v) is 21.1. The van der Waals surface area contributed by atoms with Crippen LogP contribution in [-0.2, 0) is 20.6 Å². The van der Waals surface area contributed by atoms with E-state index in [0.29, 0.717) is 40.0 Å². The first-order chi connectivity index (χ1) is 31.8. The van der Waals surface area contributed by atoms with E-state index in [-0.39, 0.29) is 6.61 Å². The quantitative estimate of drug-likeness (QED) is 0.0811. The molecule has 0 radical (unpaired) electrons. The van der Waals surface area contributed by atoms with Gasteiger partial charge in [0.05, 0.1) is 41.4 Å². The fourth-order valence-electron chi connectivity index (χ4n) is 8.77. The van der Waals surface area contributed by atoms with Gasteiger partial charge in [0.15, 0.2) is 23.2 Å². The molecule has 1 saturated heterocycles. The standard InChI is InChI=1S/C52H49N5O8/c1-60-40-23-15-35(16-24-40)51(34-11-7-5-8-12-34,36-17-25-41(61-2)26-18-36)56-48-45-49(54-32-53-48)57(33-55-45)50-47(59)46(58)44(65-50)31-64-52(37-13-9-6-10-14-37,38-19-27-42(62-3)28-20-38)39-21-29-43(63-4)30-22-39/h5-30,32-33,44,46-47,50,58-59H,31H2,1-4H3,(H,53,54,56). The molecule has 8 aromatic rings. The first-order valence-electron chi connectivity index (χ1n) is 21.1. The topological polar surface area (TPSA) is 151 Å². The maximum Gasteiger partial charge on any atom is 0.167 e. The van der Waals surface area contributed by atoms with Crippen LogP contribution in [0.25, 0.3) is 11.2 Å². The lowest BCUT2D eigenvalue weighted by atomic mass is 9.77.